The molecule has 20 heavy (non-hydrogen) atoms. The van der Waals surface area contributed by atoms with Gasteiger partial charge in [-0.15, -0.1) is 0 Å². The Morgan fingerprint density at radius 1 is 1.10 bits per heavy atom. The third kappa shape index (κ3) is 5.83. The minimum Gasteiger partial charge on any atom is -0.392 e. The van der Waals surface area contributed by atoms with Crippen LogP contribution in [0.2, 0.25) is 0 Å². The molecule has 0 unspecified atom stereocenters. The maximum atomic E-state index is 10.5. The molecule has 0 radical (unpaired) electrons. The van der Waals surface area contributed by atoms with Crippen LogP contribution in [0, 0.1) is 6.92 Å². The van der Waals surface area contributed by atoms with Crippen LogP contribution in [-0.4, -0.2) is 18.1 Å². The fourth-order valence-corrected chi connectivity index (χ4v) is 2.27. The smallest absolute Gasteiger partial charge is 0.294 e. The van der Waals surface area contributed by atoms with Crippen LogP contribution >= 0.6 is 15.9 Å². The van der Waals surface area contributed by atoms with Gasteiger partial charge in [-0.25, -0.2) is 0 Å². The molecule has 0 saturated carbocycles. The Labute approximate surface area is 127 Å². The van der Waals surface area contributed by atoms with Gasteiger partial charge in [-0.2, -0.15) is 8.42 Å². The summed E-state index contributed by atoms with van der Waals surface area (Å²) in [5.41, 5.74) is 1.89. The number of halogens is 1. The highest BCUT2D eigenvalue weighted by molar-refractivity contribution is 9.10. The largest absolute Gasteiger partial charge is 0.392 e. The summed E-state index contributed by atoms with van der Waals surface area (Å²) in [5, 5.41) is 8.64. The van der Waals surface area contributed by atoms with E-state index in [1.165, 1.54) is 12.1 Å². The summed E-state index contributed by atoms with van der Waals surface area (Å²) in [6, 6.07) is 13.6. The van der Waals surface area contributed by atoms with Gasteiger partial charge in [-0.05, 0) is 36.8 Å². The van der Waals surface area contributed by atoms with Crippen LogP contribution in [0.3, 0.4) is 0 Å². The van der Waals surface area contributed by atoms with Crippen LogP contribution in [0.15, 0.2) is 57.9 Å². The number of hydrogen-bond donors (Lipinski definition) is 2. The van der Waals surface area contributed by atoms with E-state index in [2.05, 4.69) is 15.9 Å². The van der Waals surface area contributed by atoms with Gasteiger partial charge in [0.1, 0.15) is 0 Å². The molecule has 4 nitrogen and oxygen atoms in total. The molecule has 0 amide bonds. The van der Waals surface area contributed by atoms with Gasteiger partial charge >= 0.3 is 0 Å². The molecule has 6 heteroatoms. The highest BCUT2D eigenvalue weighted by atomic mass is 79.9. The lowest BCUT2D eigenvalue weighted by Gasteiger charge is -1.95. The Morgan fingerprint density at radius 2 is 1.70 bits per heavy atom. The second kappa shape index (κ2) is 7.54. The lowest BCUT2D eigenvalue weighted by atomic mass is 10.2. The monoisotopic (exact) mass is 358 g/mol. The normalized spacial score (nSPS) is 10.6. The highest BCUT2D eigenvalue weighted by Crippen LogP contribution is 2.11. The molecular formula is C14H15BrO4S. The number of aliphatic hydroxyl groups is 1. The van der Waals surface area contributed by atoms with E-state index in [9.17, 15) is 8.42 Å². The third-order valence-corrected chi connectivity index (χ3v) is 3.75. The average molecular weight is 359 g/mol. The zero-order valence-corrected chi connectivity index (χ0v) is 13.2. The molecule has 0 aliphatic carbocycles. The molecule has 2 aromatic carbocycles. The van der Waals surface area contributed by atoms with E-state index in [4.69, 9.17) is 9.66 Å². The van der Waals surface area contributed by atoms with E-state index in [0.717, 1.165) is 15.6 Å². The van der Waals surface area contributed by atoms with Crippen molar-refractivity contribution >= 4 is 26.0 Å². The standard InChI is InChI=1S/C7H7BrO.C7H8O3S/c8-7-3-1-2-6(4-7)5-9;1-6-2-4-7(5-3-6)11(8,9)10/h1-4,9H,5H2;2-5H,1H3,(H,8,9,10). The molecule has 2 N–H and O–H groups in total. The first-order chi connectivity index (χ1) is 9.32. The first-order valence-electron chi connectivity index (χ1n) is 5.72. The Kier molecular flexibility index (Phi) is 6.35. The van der Waals surface area contributed by atoms with Crippen molar-refractivity contribution in [2.45, 2.75) is 18.4 Å². The van der Waals surface area contributed by atoms with Gasteiger partial charge in [0.05, 0.1) is 11.5 Å². The summed E-state index contributed by atoms with van der Waals surface area (Å²) < 4.78 is 30.6. The maximum Gasteiger partial charge on any atom is 0.294 e. The Morgan fingerprint density at radius 3 is 2.10 bits per heavy atom. The summed E-state index contributed by atoms with van der Waals surface area (Å²) in [6.07, 6.45) is 0. The van der Waals surface area contributed by atoms with Gasteiger partial charge in [-0.3, -0.25) is 4.55 Å². The predicted octanol–water partition coefficient (Wildman–Crippen LogP) is 3.18. The lowest BCUT2D eigenvalue weighted by molar-refractivity contribution is 0.282. The second-order valence-electron chi connectivity index (χ2n) is 4.08. The second-order valence-corrected chi connectivity index (χ2v) is 6.41. The van der Waals surface area contributed by atoms with Crippen molar-refractivity contribution in [2.75, 3.05) is 0 Å². The van der Waals surface area contributed by atoms with Crippen molar-refractivity contribution in [1.29, 1.82) is 0 Å². The Bertz CT molecular complexity index is 651. The van der Waals surface area contributed by atoms with Gasteiger partial charge in [0.2, 0.25) is 0 Å². The minimum absolute atomic E-state index is 0.0666. The van der Waals surface area contributed by atoms with Crippen molar-refractivity contribution in [3.8, 4) is 0 Å². The van der Waals surface area contributed by atoms with Crippen molar-refractivity contribution < 1.29 is 18.1 Å². The molecule has 0 atom stereocenters. The summed E-state index contributed by atoms with van der Waals surface area (Å²) >= 11 is 3.29. The van der Waals surface area contributed by atoms with Crippen LogP contribution in [0.25, 0.3) is 0 Å². The predicted molar refractivity (Wildman–Crippen MR) is 81.1 cm³/mol. The van der Waals surface area contributed by atoms with Crippen LogP contribution in [-0.2, 0) is 16.7 Å². The first-order valence-corrected chi connectivity index (χ1v) is 7.95. The first kappa shape index (κ1) is 16.8. The molecule has 0 aliphatic heterocycles. The van der Waals surface area contributed by atoms with Crippen molar-refractivity contribution in [2.24, 2.45) is 0 Å². The van der Waals surface area contributed by atoms with E-state index in [0.29, 0.717) is 0 Å². The van der Waals surface area contributed by atoms with Crippen LogP contribution in [0.5, 0.6) is 0 Å². The molecule has 0 heterocycles. The summed E-state index contributed by atoms with van der Waals surface area (Å²) in [5.74, 6) is 0. The van der Waals surface area contributed by atoms with Crippen LogP contribution in [0.4, 0.5) is 0 Å². The lowest BCUT2D eigenvalue weighted by Crippen LogP contribution is -1.96. The summed E-state index contributed by atoms with van der Waals surface area (Å²) in [7, 11) is -4.02. The van der Waals surface area contributed by atoms with Gasteiger partial charge in [-0.1, -0.05) is 45.8 Å². The number of hydrogen-bond acceptors (Lipinski definition) is 3. The summed E-state index contributed by atoms with van der Waals surface area (Å²) in [6.45, 7) is 1.95. The van der Waals surface area contributed by atoms with E-state index in [1.54, 1.807) is 12.1 Å². The van der Waals surface area contributed by atoms with Crippen molar-refractivity contribution in [3.63, 3.8) is 0 Å². The quantitative estimate of drug-likeness (QED) is 0.808. The molecule has 108 valence electrons. The molecule has 2 rings (SSSR count). The topological polar surface area (TPSA) is 74.6 Å². The van der Waals surface area contributed by atoms with E-state index in [1.807, 2.05) is 31.2 Å². The molecule has 0 fully saturated rings. The minimum atomic E-state index is -4.02. The van der Waals surface area contributed by atoms with Crippen molar-refractivity contribution in [1.82, 2.24) is 0 Å². The third-order valence-electron chi connectivity index (χ3n) is 2.39. The van der Waals surface area contributed by atoms with Gasteiger partial charge in [0.15, 0.2) is 0 Å². The van der Waals surface area contributed by atoms with Crippen molar-refractivity contribution in [3.05, 3.63) is 64.1 Å². The van der Waals surface area contributed by atoms with E-state index in [-0.39, 0.29) is 11.5 Å². The Balaban J connectivity index is 0.000000204. The molecule has 0 aromatic heterocycles. The number of aliphatic hydroxyl groups excluding tert-OH is 1. The van der Waals surface area contributed by atoms with Crippen LogP contribution < -0.4 is 0 Å². The SMILES string of the molecule is Cc1ccc(S(=O)(=O)O)cc1.OCc1cccc(Br)c1. The highest BCUT2D eigenvalue weighted by Gasteiger charge is 2.06. The molecular weight excluding hydrogens is 344 g/mol. The van der Waals surface area contributed by atoms with E-state index >= 15 is 0 Å². The fourth-order valence-electron chi connectivity index (χ4n) is 1.35. The van der Waals surface area contributed by atoms with Crippen LogP contribution in [0.1, 0.15) is 11.1 Å². The number of benzene rings is 2. The average Bonchev–Trinajstić information content (AvgIpc) is 2.39. The van der Waals surface area contributed by atoms with Gasteiger partial charge in [0, 0.05) is 4.47 Å². The number of aryl methyl sites for hydroxylation is 1. The molecule has 0 aliphatic rings. The molecule has 0 spiro atoms. The summed E-state index contributed by atoms with van der Waals surface area (Å²) in [4.78, 5) is -0.0666. The molecule has 0 saturated heterocycles. The van der Waals surface area contributed by atoms with E-state index < -0.39 is 10.1 Å². The Hall–Kier alpha value is -1.21. The maximum absolute atomic E-state index is 10.5. The zero-order chi connectivity index (χ0) is 15.2. The van der Waals surface area contributed by atoms with Gasteiger partial charge < -0.3 is 5.11 Å². The molecule has 2 aromatic rings. The molecule has 0 bridgehead atoms. The number of rotatable bonds is 2. The fraction of sp³-hybridized carbons (Fsp3) is 0.143. The van der Waals surface area contributed by atoms with Gasteiger partial charge in [0.25, 0.3) is 10.1 Å². The zero-order valence-electron chi connectivity index (χ0n) is 10.8.